The average Bonchev–Trinajstić information content (AvgIpc) is 3.61. The molecule has 4 heteroatoms. The minimum absolute atomic E-state index is 0.00542. The minimum Gasteiger partial charge on any atom is -0.496 e. The maximum atomic E-state index is 14.0. The van der Waals surface area contributed by atoms with Gasteiger partial charge in [-0.2, -0.15) is 0 Å². The predicted molar refractivity (Wildman–Crippen MR) is 162 cm³/mol. The van der Waals surface area contributed by atoms with Crippen molar-refractivity contribution in [1.82, 2.24) is 0 Å². The van der Waals surface area contributed by atoms with Gasteiger partial charge in [-0.05, 0) is 68.4 Å². The molecular formula is C37H37FO3. The lowest BCUT2D eigenvalue weighted by atomic mass is 9.84. The number of halogens is 1. The molecule has 0 heterocycles. The fourth-order valence-electron chi connectivity index (χ4n) is 6.14. The second-order valence-corrected chi connectivity index (χ2v) is 11.3. The molecule has 0 amide bonds. The highest BCUT2D eigenvalue weighted by Gasteiger charge is 2.35. The van der Waals surface area contributed by atoms with E-state index in [1.54, 1.807) is 19.2 Å². The third kappa shape index (κ3) is 6.48. The number of Topliss-reactive ketones (excluding diaryl/α,β-unsaturated/α-hetero) is 2. The van der Waals surface area contributed by atoms with Gasteiger partial charge in [-0.3, -0.25) is 9.59 Å². The summed E-state index contributed by atoms with van der Waals surface area (Å²) in [5, 5.41) is 0. The normalized spacial score (nSPS) is 18.1. The van der Waals surface area contributed by atoms with E-state index in [1.165, 1.54) is 23.3 Å². The lowest BCUT2D eigenvalue weighted by Gasteiger charge is -2.21. The van der Waals surface area contributed by atoms with E-state index < -0.39 is 0 Å². The molecular weight excluding hydrogens is 511 g/mol. The first-order chi connectivity index (χ1) is 19.8. The molecule has 0 fully saturated rings. The van der Waals surface area contributed by atoms with Crippen molar-refractivity contribution < 1.29 is 18.7 Å². The van der Waals surface area contributed by atoms with E-state index in [-0.39, 0.29) is 29.2 Å². The Hall–Kier alpha value is -4.05. The van der Waals surface area contributed by atoms with Crippen molar-refractivity contribution in [2.24, 2.45) is 0 Å². The Morgan fingerprint density at radius 1 is 0.927 bits per heavy atom. The van der Waals surface area contributed by atoms with E-state index in [9.17, 15) is 14.0 Å². The Kier molecular flexibility index (Phi) is 8.78. The number of ketones is 2. The quantitative estimate of drug-likeness (QED) is 0.225. The highest BCUT2D eigenvalue weighted by Crippen LogP contribution is 2.47. The summed E-state index contributed by atoms with van der Waals surface area (Å²) in [5.74, 6) is 0.493. The molecule has 0 aromatic heterocycles. The van der Waals surface area contributed by atoms with E-state index >= 15 is 0 Å². The SMILES string of the molecule is COc1c(CCC(=O)CCC2=CCC(C)=C2)cccc1C1CC(c2ccc(F)cc2)C=C1C(=O)c1ccccc1C. The van der Waals surface area contributed by atoms with Gasteiger partial charge in [-0.25, -0.2) is 4.39 Å². The fraction of sp³-hybridized carbons (Fsp3) is 0.297. The number of para-hydroxylation sites is 1. The van der Waals surface area contributed by atoms with Crippen LogP contribution in [0.1, 0.15) is 83.5 Å². The van der Waals surface area contributed by atoms with Crippen molar-refractivity contribution in [3.05, 3.63) is 135 Å². The number of hydrogen-bond donors (Lipinski definition) is 0. The van der Waals surface area contributed by atoms with Crippen LogP contribution in [0.2, 0.25) is 0 Å². The zero-order valence-electron chi connectivity index (χ0n) is 24.1. The Bertz CT molecular complexity index is 1540. The third-order valence-electron chi connectivity index (χ3n) is 8.39. The first-order valence-electron chi connectivity index (χ1n) is 14.4. The van der Waals surface area contributed by atoms with E-state index in [0.717, 1.165) is 46.4 Å². The predicted octanol–water partition coefficient (Wildman–Crippen LogP) is 8.78. The lowest BCUT2D eigenvalue weighted by molar-refractivity contribution is -0.119. The number of benzene rings is 3. The van der Waals surface area contributed by atoms with Crippen LogP contribution in [-0.2, 0) is 11.2 Å². The van der Waals surface area contributed by atoms with Crippen LogP contribution in [0.3, 0.4) is 0 Å². The molecule has 0 radical (unpaired) electrons. The standard InChI is InChI=1S/C37H37FO3/c1-24-11-12-26(21-24)13-19-31(39)20-16-28-8-6-10-33(37(28)41-3)34-22-29(27-14-17-30(38)18-15-27)23-35(34)36(40)32-9-5-4-7-25(32)2/h4-10,12,14-15,17-18,21,23,29,34H,11,13,16,19-20,22H2,1-3H3. The molecule has 0 saturated heterocycles. The van der Waals surface area contributed by atoms with Crippen molar-refractivity contribution in [3.63, 3.8) is 0 Å². The maximum absolute atomic E-state index is 14.0. The number of ether oxygens (including phenoxy) is 1. The molecule has 0 bridgehead atoms. The van der Waals surface area contributed by atoms with E-state index in [4.69, 9.17) is 4.74 Å². The van der Waals surface area contributed by atoms with Crippen molar-refractivity contribution >= 4 is 11.6 Å². The topological polar surface area (TPSA) is 43.4 Å². The minimum atomic E-state index is -0.279. The summed E-state index contributed by atoms with van der Waals surface area (Å²) in [5.41, 5.74) is 7.85. The van der Waals surface area contributed by atoms with Gasteiger partial charge >= 0.3 is 0 Å². The van der Waals surface area contributed by atoms with Crippen LogP contribution in [0.4, 0.5) is 4.39 Å². The fourth-order valence-corrected chi connectivity index (χ4v) is 6.14. The van der Waals surface area contributed by atoms with Crippen LogP contribution >= 0.6 is 0 Å². The van der Waals surface area contributed by atoms with Crippen LogP contribution in [0, 0.1) is 12.7 Å². The van der Waals surface area contributed by atoms with E-state index in [0.29, 0.717) is 31.2 Å². The summed E-state index contributed by atoms with van der Waals surface area (Å²) in [6, 6.07) is 20.2. The summed E-state index contributed by atoms with van der Waals surface area (Å²) >= 11 is 0. The van der Waals surface area contributed by atoms with Crippen LogP contribution < -0.4 is 4.74 Å². The largest absolute Gasteiger partial charge is 0.496 e. The first kappa shape index (κ1) is 28.5. The van der Waals surface area contributed by atoms with Gasteiger partial charge in [0, 0.05) is 41.4 Å². The van der Waals surface area contributed by atoms with Crippen molar-refractivity contribution in [3.8, 4) is 5.75 Å². The van der Waals surface area contributed by atoms with E-state index in [2.05, 4.69) is 25.2 Å². The number of aryl methyl sites for hydroxylation is 2. The van der Waals surface area contributed by atoms with Gasteiger partial charge in [-0.1, -0.05) is 84.0 Å². The van der Waals surface area contributed by atoms with Gasteiger partial charge in [0.15, 0.2) is 5.78 Å². The summed E-state index contributed by atoms with van der Waals surface area (Å²) in [6.07, 6.45) is 10.5. The van der Waals surface area contributed by atoms with Gasteiger partial charge in [0.25, 0.3) is 0 Å². The highest BCUT2D eigenvalue weighted by molar-refractivity contribution is 6.11. The smallest absolute Gasteiger partial charge is 0.189 e. The van der Waals surface area contributed by atoms with E-state index in [1.807, 2.05) is 49.4 Å². The monoisotopic (exact) mass is 548 g/mol. The second-order valence-electron chi connectivity index (χ2n) is 11.3. The Labute approximate surface area is 242 Å². The molecule has 0 spiro atoms. The molecule has 0 N–H and O–H groups in total. The van der Waals surface area contributed by atoms with Crippen LogP contribution in [0.15, 0.2) is 102 Å². The van der Waals surface area contributed by atoms with Crippen LogP contribution in [0.25, 0.3) is 0 Å². The van der Waals surface area contributed by atoms with Crippen molar-refractivity contribution in [2.45, 2.75) is 64.2 Å². The van der Waals surface area contributed by atoms with Crippen LogP contribution in [0.5, 0.6) is 5.75 Å². The molecule has 2 atom stereocenters. The molecule has 5 rings (SSSR count). The van der Waals surface area contributed by atoms with Gasteiger partial charge in [-0.15, -0.1) is 0 Å². The zero-order valence-corrected chi connectivity index (χ0v) is 24.1. The highest BCUT2D eigenvalue weighted by atomic mass is 19.1. The zero-order chi connectivity index (χ0) is 28.9. The molecule has 2 aliphatic rings. The van der Waals surface area contributed by atoms with Gasteiger partial charge in [0.1, 0.15) is 17.3 Å². The average molecular weight is 549 g/mol. The molecule has 0 saturated carbocycles. The summed E-state index contributed by atoms with van der Waals surface area (Å²) in [6.45, 7) is 4.07. The molecule has 3 nitrogen and oxygen atoms in total. The van der Waals surface area contributed by atoms with Crippen molar-refractivity contribution in [1.29, 1.82) is 0 Å². The number of hydrogen-bond acceptors (Lipinski definition) is 3. The van der Waals surface area contributed by atoms with Gasteiger partial charge in [0.05, 0.1) is 7.11 Å². The Balaban J connectivity index is 1.41. The van der Waals surface area contributed by atoms with Gasteiger partial charge < -0.3 is 4.74 Å². The maximum Gasteiger partial charge on any atom is 0.189 e. The number of rotatable bonds is 11. The number of methoxy groups -OCH3 is 1. The molecule has 3 aromatic rings. The Morgan fingerprint density at radius 2 is 1.68 bits per heavy atom. The molecule has 2 aliphatic carbocycles. The summed E-state index contributed by atoms with van der Waals surface area (Å²) in [7, 11) is 1.66. The second kappa shape index (κ2) is 12.6. The molecule has 2 unspecified atom stereocenters. The third-order valence-corrected chi connectivity index (χ3v) is 8.39. The summed E-state index contributed by atoms with van der Waals surface area (Å²) in [4.78, 5) is 26.7. The number of allylic oxidation sites excluding steroid dienone is 6. The molecule has 210 valence electrons. The number of carbonyl (C=O) groups excluding carboxylic acids is 2. The van der Waals surface area contributed by atoms with Gasteiger partial charge in [0.2, 0.25) is 0 Å². The number of carbonyl (C=O) groups is 2. The lowest BCUT2D eigenvalue weighted by Crippen LogP contribution is -2.12. The first-order valence-corrected chi connectivity index (χ1v) is 14.4. The summed E-state index contributed by atoms with van der Waals surface area (Å²) < 4.78 is 19.7. The van der Waals surface area contributed by atoms with Crippen LogP contribution in [-0.4, -0.2) is 18.7 Å². The molecule has 41 heavy (non-hydrogen) atoms. The van der Waals surface area contributed by atoms with Crippen molar-refractivity contribution in [2.75, 3.05) is 7.11 Å². The molecule has 0 aliphatic heterocycles. The molecule has 3 aromatic carbocycles. The Morgan fingerprint density at radius 3 is 2.39 bits per heavy atom.